The maximum absolute atomic E-state index is 12.1. The molecule has 0 spiro atoms. The van der Waals surface area contributed by atoms with Gasteiger partial charge in [0.05, 0.1) is 11.2 Å². The first kappa shape index (κ1) is 12.7. The van der Waals surface area contributed by atoms with Gasteiger partial charge in [-0.25, -0.2) is 0 Å². The highest BCUT2D eigenvalue weighted by Crippen LogP contribution is 2.31. The van der Waals surface area contributed by atoms with E-state index in [2.05, 4.69) is 0 Å². The number of hydrogen-bond donors (Lipinski definition) is 1. The first-order valence-corrected chi connectivity index (χ1v) is 7.27. The fourth-order valence-corrected chi connectivity index (χ4v) is 3.63. The van der Waals surface area contributed by atoms with Crippen molar-refractivity contribution < 1.29 is 14.7 Å². The Morgan fingerprint density at radius 1 is 1.35 bits per heavy atom. The zero-order valence-electron chi connectivity index (χ0n) is 10.1. The molecule has 2 atom stereocenters. The Kier molecular flexibility index (Phi) is 3.97. The van der Waals surface area contributed by atoms with Crippen molar-refractivity contribution in [2.75, 3.05) is 18.8 Å². The van der Waals surface area contributed by atoms with E-state index >= 15 is 0 Å². The molecule has 17 heavy (non-hydrogen) atoms. The van der Waals surface area contributed by atoms with E-state index in [1.165, 1.54) is 6.42 Å². The summed E-state index contributed by atoms with van der Waals surface area (Å²) in [6.07, 6.45) is 3.35. The molecule has 2 aliphatic rings. The molecule has 0 aromatic rings. The van der Waals surface area contributed by atoms with Gasteiger partial charge >= 0.3 is 5.97 Å². The van der Waals surface area contributed by atoms with Crippen molar-refractivity contribution in [2.45, 2.75) is 31.4 Å². The molecule has 0 aromatic carbocycles. The first-order chi connectivity index (χ1) is 8.09. The van der Waals surface area contributed by atoms with Crippen molar-refractivity contribution in [3.63, 3.8) is 0 Å². The molecule has 1 amide bonds. The average Bonchev–Trinajstić information content (AvgIpc) is 2.27. The van der Waals surface area contributed by atoms with Gasteiger partial charge < -0.3 is 10.0 Å². The number of carbonyl (C=O) groups is 2. The Morgan fingerprint density at radius 2 is 2.06 bits per heavy atom. The van der Waals surface area contributed by atoms with Crippen LogP contribution in [0.4, 0.5) is 0 Å². The van der Waals surface area contributed by atoms with E-state index < -0.39 is 5.97 Å². The van der Waals surface area contributed by atoms with Gasteiger partial charge in [-0.15, -0.1) is 11.8 Å². The molecule has 2 saturated heterocycles. The highest BCUT2D eigenvalue weighted by atomic mass is 32.2. The monoisotopic (exact) mass is 257 g/mol. The van der Waals surface area contributed by atoms with Crippen molar-refractivity contribution in [3.05, 3.63) is 0 Å². The van der Waals surface area contributed by atoms with Crippen LogP contribution in [-0.2, 0) is 9.59 Å². The number of likely N-dealkylation sites (tertiary alicyclic amines) is 1. The summed E-state index contributed by atoms with van der Waals surface area (Å²) >= 11 is 1.76. The molecule has 0 aromatic heterocycles. The quantitative estimate of drug-likeness (QED) is 0.831. The van der Waals surface area contributed by atoms with E-state index in [-0.39, 0.29) is 23.0 Å². The van der Waals surface area contributed by atoms with Gasteiger partial charge in [-0.2, -0.15) is 0 Å². The molecule has 0 bridgehead atoms. The summed E-state index contributed by atoms with van der Waals surface area (Å²) < 4.78 is 0. The van der Waals surface area contributed by atoms with Crippen LogP contribution in [0.2, 0.25) is 0 Å². The van der Waals surface area contributed by atoms with Crippen LogP contribution >= 0.6 is 11.8 Å². The number of aliphatic carboxylic acids is 1. The molecule has 2 fully saturated rings. The molecule has 96 valence electrons. The molecule has 4 nitrogen and oxygen atoms in total. The van der Waals surface area contributed by atoms with Crippen molar-refractivity contribution in [1.82, 2.24) is 4.90 Å². The van der Waals surface area contributed by atoms with Crippen molar-refractivity contribution in [3.8, 4) is 0 Å². The minimum atomic E-state index is -0.755. The van der Waals surface area contributed by atoms with Crippen LogP contribution in [0.25, 0.3) is 0 Å². The molecule has 2 rings (SSSR count). The third kappa shape index (κ3) is 2.76. The van der Waals surface area contributed by atoms with Gasteiger partial charge in [0.1, 0.15) is 0 Å². The van der Waals surface area contributed by atoms with E-state index in [1.54, 1.807) is 18.7 Å². The minimum Gasteiger partial charge on any atom is -0.481 e. The third-order valence-electron chi connectivity index (χ3n) is 3.77. The maximum Gasteiger partial charge on any atom is 0.306 e. The molecule has 2 aliphatic heterocycles. The number of hydrogen-bond acceptors (Lipinski definition) is 3. The summed E-state index contributed by atoms with van der Waals surface area (Å²) in [5.41, 5.74) is 0. The van der Waals surface area contributed by atoms with Crippen LogP contribution in [0.15, 0.2) is 0 Å². The summed E-state index contributed by atoms with van der Waals surface area (Å²) in [6, 6.07) is 0. The van der Waals surface area contributed by atoms with Crippen LogP contribution in [0.5, 0.6) is 0 Å². The fraction of sp³-hybridized carbons (Fsp3) is 0.833. The number of rotatable bonds is 3. The molecular formula is C12H19NO3S. The minimum absolute atomic E-state index is 0.129. The molecule has 2 heterocycles. The largest absolute Gasteiger partial charge is 0.481 e. The lowest BCUT2D eigenvalue weighted by Gasteiger charge is -2.43. The van der Waals surface area contributed by atoms with E-state index in [1.807, 2.05) is 4.90 Å². The fourth-order valence-electron chi connectivity index (χ4n) is 2.35. The van der Waals surface area contributed by atoms with E-state index in [9.17, 15) is 9.59 Å². The number of thioether (sulfide) groups is 1. The molecule has 0 radical (unpaired) electrons. The van der Waals surface area contributed by atoms with E-state index in [4.69, 9.17) is 5.11 Å². The number of carboxylic acid groups (broad SMARTS) is 1. The lowest BCUT2D eigenvalue weighted by atomic mass is 9.87. The number of carbonyl (C=O) groups excluding carboxylic acids is 1. The van der Waals surface area contributed by atoms with Crippen LogP contribution in [0, 0.1) is 11.8 Å². The number of carboxylic acids is 1. The van der Waals surface area contributed by atoms with Gasteiger partial charge in [0, 0.05) is 19.0 Å². The SMILES string of the molecule is CC(C(=O)O)C1CN(C(=O)C2CCCCS2)C1. The second-order valence-electron chi connectivity index (χ2n) is 4.99. The summed E-state index contributed by atoms with van der Waals surface area (Å²) in [6.45, 7) is 2.98. The van der Waals surface area contributed by atoms with Gasteiger partial charge in [-0.1, -0.05) is 13.3 Å². The number of amides is 1. The first-order valence-electron chi connectivity index (χ1n) is 6.23. The standard InChI is InChI=1S/C12H19NO3S/c1-8(12(15)16)9-6-13(7-9)11(14)10-4-2-3-5-17-10/h8-10H,2-7H2,1H3,(H,15,16). The topological polar surface area (TPSA) is 57.6 Å². The van der Waals surface area contributed by atoms with Crippen molar-refractivity contribution in [1.29, 1.82) is 0 Å². The van der Waals surface area contributed by atoms with Gasteiger partial charge in [-0.05, 0) is 18.6 Å². The zero-order valence-corrected chi connectivity index (χ0v) is 10.9. The lowest BCUT2D eigenvalue weighted by Crippen LogP contribution is -2.55. The molecule has 0 aliphatic carbocycles. The highest BCUT2D eigenvalue weighted by molar-refractivity contribution is 8.00. The highest BCUT2D eigenvalue weighted by Gasteiger charge is 2.39. The average molecular weight is 257 g/mol. The summed E-state index contributed by atoms with van der Waals surface area (Å²) in [7, 11) is 0. The summed E-state index contributed by atoms with van der Waals surface area (Å²) in [5.74, 6) is 0.361. The second-order valence-corrected chi connectivity index (χ2v) is 6.30. The Morgan fingerprint density at radius 3 is 2.59 bits per heavy atom. The van der Waals surface area contributed by atoms with E-state index in [0.717, 1.165) is 18.6 Å². The second kappa shape index (κ2) is 5.29. The van der Waals surface area contributed by atoms with Gasteiger partial charge in [-0.3, -0.25) is 9.59 Å². The smallest absolute Gasteiger partial charge is 0.306 e. The van der Waals surface area contributed by atoms with Crippen LogP contribution in [-0.4, -0.2) is 46.0 Å². The Bertz CT molecular complexity index is 309. The predicted molar refractivity (Wildman–Crippen MR) is 67.0 cm³/mol. The molecule has 2 unspecified atom stereocenters. The van der Waals surface area contributed by atoms with E-state index in [0.29, 0.717) is 13.1 Å². The summed E-state index contributed by atoms with van der Waals surface area (Å²) in [4.78, 5) is 24.7. The van der Waals surface area contributed by atoms with Gasteiger partial charge in [0.15, 0.2) is 0 Å². The van der Waals surface area contributed by atoms with Crippen molar-refractivity contribution in [2.24, 2.45) is 11.8 Å². The van der Waals surface area contributed by atoms with Crippen LogP contribution < -0.4 is 0 Å². The third-order valence-corrected chi connectivity index (χ3v) is 5.14. The van der Waals surface area contributed by atoms with Crippen molar-refractivity contribution >= 4 is 23.6 Å². The van der Waals surface area contributed by atoms with Crippen LogP contribution in [0.3, 0.4) is 0 Å². The normalized spacial score (nSPS) is 27.4. The Balaban J connectivity index is 1.78. The van der Waals surface area contributed by atoms with Gasteiger partial charge in [0.2, 0.25) is 5.91 Å². The molecule has 1 N–H and O–H groups in total. The zero-order chi connectivity index (χ0) is 12.4. The van der Waals surface area contributed by atoms with Crippen LogP contribution in [0.1, 0.15) is 26.2 Å². The molecular weight excluding hydrogens is 238 g/mol. The molecule has 0 saturated carbocycles. The maximum atomic E-state index is 12.1. The molecule has 5 heteroatoms. The number of nitrogens with zero attached hydrogens (tertiary/aromatic N) is 1. The van der Waals surface area contributed by atoms with Gasteiger partial charge in [0.25, 0.3) is 0 Å². The predicted octanol–water partition coefficient (Wildman–Crippen LogP) is 1.45. The Labute approximate surface area is 106 Å². The Hall–Kier alpha value is -0.710. The lowest BCUT2D eigenvalue weighted by molar-refractivity contribution is -0.150. The summed E-state index contributed by atoms with van der Waals surface area (Å²) in [5, 5.41) is 9.01.